The predicted molar refractivity (Wildman–Crippen MR) is 75.6 cm³/mol. The average molecular weight is 273 g/mol. The van der Waals surface area contributed by atoms with Crippen molar-refractivity contribution in [1.82, 2.24) is 15.0 Å². The highest BCUT2D eigenvalue weighted by Crippen LogP contribution is 2.14. The third-order valence-corrected chi connectivity index (χ3v) is 3.28. The van der Waals surface area contributed by atoms with Gasteiger partial charge in [-0.15, -0.1) is 5.10 Å². The molecule has 0 saturated heterocycles. The highest BCUT2D eigenvalue weighted by molar-refractivity contribution is 5.88. The largest absolute Gasteiger partial charge is 0.464 e. The maximum Gasteiger partial charge on any atom is 0.360 e. The second-order valence-electron chi connectivity index (χ2n) is 4.71. The topological polar surface area (TPSA) is 57.0 Å². The van der Waals surface area contributed by atoms with E-state index in [2.05, 4.69) is 36.3 Å². The van der Waals surface area contributed by atoms with Crippen LogP contribution in [0.5, 0.6) is 0 Å². The van der Waals surface area contributed by atoms with Crippen molar-refractivity contribution in [3.63, 3.8) is 0 Å². The Morgan fingerprint density at radius 3 is 2.75 bits per heavy atom. The molecule has 1 aromatic heterocycles. The molecule has 0 atom stereocenters. The first kappa shape index (κ1) is 14.2. The fraction of sp³-hybridized carbons (Fsp3) is 0.400. The zero-order valence-corrected chi connectivity index (χ0v) is 12.1. The molecular weight excluding hydrogens is 254 g/mol. The summed E-state index contributed by atoms with van der Waals surface area (Å²) in [5, 5.41) is 8.08. The molecule has 5 nitrogen and oxygen atoms in total. The van der Waals surface area contributed by atoms with Crippen molar-refractivity contribution < 1.29 is 9.53 Å². The standard InChI is InChI=1S/C15H19N3O2/c1-4-7-13-14(15(19)20-3)16-17-18(13)10-12-9-6-5-8-11(12)2/h5-6,8-9H,4,7,10H2,1-3H3. The highest BCUT2D eigenvalue weighted by atomic mass is 16.5. The number of aromatic nitrogens is 3. The Morgan fingerprint density at radius 2 is 2.10 bits per heavy atom. The van der Waals surface area contributed by atoms with Crippen LogP contribution < -0.4 is 0 Å². The number of ether oxygens (including phenoxy) is 1. The first-order valence-corrected chi connectivity index (χ1v) is 6.72. The Balaban J connectivity index is 2.34. The number of hydrogen-bond acceptors (Lipinski definition) is 4. The molecular formula is C15H19N3O2. The fourth-order valence-corrected chi connectivity index (χ4v) is 2.15. The van der Waals surface area contributed by atoms with Crippen LogP contribution in [0.25, 0.3) is 0 Å². The Kier molecular flexibility index (Phi) is 4.50. The molecule has 0 bridgehead atoms. The number of carbonyl (C=O) groups is 1. The summed E-state index contributed by atoms with van der Waals surface area (Å²) in [6.45, 7) is 4.74. The molecule has 0 unspecified atom stereocenters. The summed E-state index contributed by atoms with van der Waals surface area (Å²) in [5.74, 6) is -0.426. The predicted octanol–water partition coefficient (Wildman–Crippen LogP) is 2.37. The second-order valence-corrected chi connectivity index (χ2v) is 4.71. The van der Waals surface area contributed by atoms with Crippen LogP contribution in [-0.4, -0.2) is 28.1 Å². The van der Waals surface area contributed by atoms with Crippen molar-refractivity contribution in [1.29, 1.82) is 0 Å². The fourth-order valence-electron chi connectivity index (χ4n) is 2.15. The van der Waals surface area contributed by atoms with Crippen molar-refractivity contribution in [3.8, 4) is 0 Å². The molecule has 0 amide bonds. The molecule has 0 spiro atoms. The minimum atomic E-state index is -0.426. The third-order valence-electron chi connectivity index (χ3n) is 3.28. The Hall–Kier alpha value is -2.17. The van der Waals surface area contributed by atoms with Gasteiger partial charge >= 0.3 is 5.97 Å². The van der Waals surface area contributed by atoms with E-state index in [-0.39, 0.29) is 0 Å². The Bertz CT molecular complexity index is 605. The van der Waals surface area contributed by atoms with Crippen LogP contribution in [0.3, 0.4) is 0 Å². The van der Waals surface area contributed by atoms with Gasteiger partial charge in [-0.05, 0) is 24.5 Å². The van der Waals surface area contributed by atoms with Gasteiger partial charge in [-0.25, -0.2) is 9.48 Å². The molecule has 0 radical (unpaired) electrons. The van der Waals surface area contributed by atoms with E-state index >= 15 is 0 Å². The van der Waals surface area contributed by atoms with Gasteiger partial charge in [0.2, 0.25) is 0 Å². The molecule has 0 aliphatic heterocycles. The number of hydrogen-bond donors (Lipinski definition) is 0. The van der Waals surface area contributed by atoms with Crippen molar-refractivity contribution >= 4 is 5.97 Å². The minimum Gasteiger partial charge on any atom is -0.464 e. The number of methoxy groups -OCH3 is 1. The van der Waals surface area contributed by atoms with E-state index in [0.717, 1.165) is 18.5 Å². The summed E-state index contributed by atoms with van der Waals surface area (Å²) in [7, 11) is 1.36. The number of benzene rings is 1. The quantitative estimate of drug-likeness (QED) is 0.785. The van der Waals surface area contributed by atoms with E-state index < -0.39 is 5.97 Å². The lowest BCUT2D eigenvalue weighted by Gasteiger charge is -2.09. The van der Waals surface area contributed by atoms with Crippen LogP contribution in [0.2, 0.25) is 0 Å². The van der Waals surface area contributed by atoms with Gasteiger partial charge < -0.3 is 4.74 Å². The highest BCUT2D eigenvalue weighted by Gasteiger charge is 2.19. The second kappa shape index (κ2) is 6.32. The van der Waals surface area contributed by atoms with E-state index in [0.29, 0.717) is 12.2 Å². The lowest BCUT2D eigenvalue weighted by Crippen LogP contribution is -2.11. The molecule has 0 aliphatic rings. The van der Waals surface area contributed by atoms with E-state index in [1.807, 2.05) is 12.1 Å². The van der Waals surface area contributed by atoms with Crippen molar-refractivity contribution in [3.05, 3.63) is 46.8 Å². The van der Waals surface area contributed by atoms with Crippen LogP contribution in [0.4, 0.5) is 0 Å². The zero-order chi connectivity index (χ0) is 14.5. The summed E-state index contributed by atoms with van der Waals surface area (Å²) in [4.78, 5) is 11.7. The molecule has 0 N–H and O–H groups in total. The summed E-state index contributed by atoms with van der Waals surface area (Å²) in [6, 6.07) is 8.13. The normalized spacial score (nSPS) is 10.6. The molecule has 1 aromatic carbocycles. The van der Waals surface area contributed by atoms with Gasteiger partial charge in [0.05, 0.1) is 19.3 Å². The number of nitrogens with zero attached hydrogens (tertiary/aromatic N) is 3. The monoisotopic (exact) mass is 273 g/mol. The molecule has 2 rings (SSSR count). The Labute approximate surface area is 118 Å². The van der Waals surface area contributed by atoms with E-state index in [1.54, 1.807) is 4.68 Å². The van der Waals surface area contributed by atoms with Crippen molar-refractivity contribution in [2.24, 2.45) is 0 Å². The van der Waals surface area contributed by atoms with Gasteiger partial charge in [0.25, 0.3) is 0 Å². The molecule has 0 aliphatic carbocycles. The molecule has 0 fully saturated rings. The van der Waals surface area contributed by atoms with Crippen molar-refractivity contribution in [2.45, 2.75) is 33.2 Å². The van der Waals surface area contributed by atoms with E-state index in [4.69, 9.17) is 4.74 Å². The minimum absolute atomic E-state index is 0.322. The van der Waals surface area contributed by atoms with Gasteiger partial charge in [-0.1, -0.05) is 42.8 Å². The summed E-state index contributed by atoms with van der Waals surface area (Å²) in [5.41, 5.74) is 3.53. The molecule has 2 aromatic rings. The summed E-state index contributed by atoms with van der Waals surface area (Å²) >= 11 is 0. The van der Waals surface area contributed by atoms with Gasteiger partial charge in [-0.2, -0.15) is 0 Å². The molecule has 106 valence electrons. The SMILES string of the molecule is CCCc1c(C(=O)OC)nnn1Cc1ccccc1C. The Morgan fingerprint density at radius 1 is 1.35 bits per heavy atom. The number of esters is 1. The molecule has 5 heteroatoms. The van der Waals surface area contributed by atoms with Crippen LogP contribution in [-0.2, 0) is 17.7 Å². The molecule has 0 saturated carbocycles. The lowest BCUT2D eigenvalue weighted by atomic mass is 10.1. The number of aryl methyl sites for hydroxylation is 1. The van der Waals surface area contributed by atoms with E-state index in [9.17, 15) is 4.79 Å². The number of rotatable bonds is 5. The molecule has 20 heavy (non-hydrogen) atoms. The smallest absolute Gasteiger partial charge is 0.360 e. The average Bonchev–Trinajstić information content (AvgIpc) is 2.84. The van der Waals surface area contributed by atoms with Gasteiger partial charge in [-0.3, -0.25) is 0 Å². The summed E-state index contributed by atoms with van der Waals surface area (Å²) < 4.78 is 6.55. The first-order valence-electron chi connectivity index (χ1n) is 6.72. The van der Waals surface area contributed by atoms with Gasteiger partial charge in [0.1, 0.15) is 0 Å². The van der Waals surface area contributed by atoms with Gasteiger partial charge in [0.15, 0.2) is 5.69 Å². The van der Waals surface area contributed by atoms with Gasteiger partial charge in [0, 0.05) is 0 Å². The van der Waals surface area contributed by atoms with E-state index in [1.165, 1.54) is 18.2 Å². The van der Waals surface area contributed by atoms with Crippen molar-refractivity contribution in [2.75, 3.05) is 7.11 Å². The third kappa shape index (κ3) is 2.87. The van der Waals surface area contributed by atoms with Crippen LogP contribution in [0.1, 0.15) is 40.7 Å². The van der Waals surface area contributed by atoms with Crippen LogP contribution in [0.15, 0.2) is 24.3 Å². The van der Waals surface area contributed by atoms with Crippen LogP contribution >= 0.6 is 0 Å². The maximum atomic E-state index is 11.7. The first-order chi connectivity index (χ1) is 9.67. The summed E-state index contributed by atoms with van der Waals surface area (Å²) in [6.07, 6.45) is 1.68. The maximum absolute atomic E-state index is 11.7. The van der Waals surface area contributed by atoms with Crippen LogP contribution in [0, 0.1) is 6.92 Å². The zero-order valence-electron chi connectivity index (χ0n) is 12.1. The number of carbonyl (C=O) groups excluding carboxylic acids is 1. The lowest BCUT2D eigenvalue weighted by molar-refractivity contribution is 0.0592. The molecule has 1 heterocycles.